The van der Waals surface area contributed by atoms with Gasteiger partial charge in [-0.3, -0.25) is 0 Å². The van der Waals surface area contributed by atoms with Crippen molar-refractivity contribution in [1.29, 1.82) is 0 Å². The van der Waals surface area contributed by atoms with Gasteiger partial charge in [-0.2, -0.15) is 0 Å². The van der Waals surface area contributed by atoms with Crippen LogP contribution in [0.15, 0.2) is 24.3 Å². The van der Waals surface area contributed by atoms with Gasteiger partial charge in [0.1, 0.15) is 0 Å². The molecular formula is C17H25N. The molecule has 0 bridgehead atoms. The van der Waals surface area contributed by atoms with Crippen molar-refractivity contribution in [2.45, 2.75) is 63.8 Å². The number of benzene rings is 1. The van der Waals surface area contributed by atoms with Crippen LogP contribution in [-0.4, -0.2) is 6.04 Å². The van der Waals surface area contributed by atoms with Crippen LogP contribution in [-0.2, 0) is 6.42 Å². The highest BCUT2D eigenvalue weighted by molar-refractivity contribution is 5.32. The zero-order valence-corrected chi connectivity index (χ0v) is 11.5. The average Bonchev–Trinajstić information content (AvgIpc) is 2.70. The third-order valence-corrected chi connectivity index (χ3v) is 5.11. The summed E-state index contributed by atoms with van der Waals surface area (Å²) in [6.45, 7) is 2.46. The number of rotatable bonds is 2. The van der Waals surface area contributed by atoms with Gasteiger partial charge in [-0.15, -0.1) is 0 Å². The Kier molecular flexibility index (Phi) is 3.19. The smallest absolute Gasteiger partial charge is 0.00442 e. The molecule has 0 amide bonds. The zero-order chi connectivity index (χ0) is 12.6. The Morgan fingerprint density at radius 3 is 2.89 bits per heavy atom. The van der Waals surface area contributed by atoms with Gasteiger partial charge in [-0.25, -0.2) is 0 Å². The molecule has 0 radical (unpaired) electrons. The molecule has 0 aliphatic heterocycles. The average molecular weight is 243 g/mol. The summed E-state index contributed by atoms with van der Waals surface area (Å²) in [5.74, 6) is 0.783. The van der Waals surface area contributed by atoms with E-state index < -0.39 is 0 Å². The summed E-state index contributed by atoms with van der Waals surface area (Å²) in [6.07, 6.45) is 9.15. The van der Waals surface area contributed by atoms with Crippen LogP contribution in [0.2, 0.25) is 0 Å². The minimum atomic E-state index is 0.453. The molecule has 2 N–H and O–H groups in total. The SMILES string of the molecule is CC1(CC2CCCc3ccccc32)CCC(N)C1. The monoisotopic (exact) mass is 243 g/mol. The van der Waals surface area contributed by atoms with Crippen LogP contribution >= 0.6 is 0 Å². The van der Waals surface area contributed by atoms with E-state index >= 15 is 0 Å². The Balaban J connectivity index is 1.78. The maximum atomic E-state index is 6.11. The van der Waals surface area contributed by atoms with Crippen molar-refractivity contribution in [1.82, 2.24) is 0 Å². The van der Waals surface area contributed by atoms with E-state index in [1.165, 1.54) is 44.9 Å². The lowest BCUT2D eigenvalue weighted by atomic mass is 9.72. The third kappa shape index (κ3) is 2.33. The normalized spacial score (nSPS) is 35.4. The van der Waals surface area contributed by atoms with Gasteiger partial charge in [-0.1, -0.05) is 31.2 Å². The van der Waals surface area contributed by atoms with Crippen LogP contribution in [0, 0.1) is 5.41 Å². The van der Waals surface area contributed by atoms with E-state index in [0.29, 0.717) is 11.5 Å². The molecule has 18 heavy (non-hydrogen) atoms. The van der Waals surface area contributed by atoms with Gasteiger partial charge in [-0.05, 0) is 67.4 Å². The largest absolute Gasteiger partial charge is 0.328 e. The highest BCUT2D eigenvalue weighted by Crippen LogP contribution is 2.47. The van der Waals surface area contributed by atoms with Gasteiger partial charge in [0.15, 0.2) is 0 Å². The second-order valence-electron chi connectivity index (χ2n) is 6.81. The topological polar surface area (TPSA) is 26.0 Å². The molecule has 0 spiro atoms. The van der Waals surface area contributed by atoms with Crippen LogP contribution in [0.1, 0.15) is 62.5 Å². The maximum absolute atomic E-state index is 6.11. The summed E-state index contributed by atoms with van der Waals surface area (Å²) in [6, 6.07) is 9.53. The number of hydrogen-bond acceptors (Lipinski definition) is 1. The molecule has 1 aromatic carbocycles. The maximum Gasteiger partial charge on any atom is 0.00442 e. The van der Waals surface area contributed by atoms with E-state index in [4.69, 9.17) is 5.73 Å². The lowest BCUT2D eigenvalue weighted by Gasteiger charge is -2.33. The minimum absolute atomic E-state index is 0.453. The first-order valence-corrected chi connectivity index (χ1v) is 7.50. The molecule has 2 aliphatic carbocycles. The van der Waals surface area contributed by atoms with Crippen LogP contribution in [0.4, 0.5) is 0 Å². The fraction of sp³-hybridized carbons (Fsp3) is 0.647. The molecule has 1 saturated carbocycles. The molecule has 3 atom stereocenters. The number of hydrogen-bond donors (Lipinski definition) is 1. The fourth-order valence-electron chi connectivity index (χ4n) is 4.22. The van der Waals surface area contributed by atoms with Gasteiger partial charge in [0.2, 0.25) is 0 Å². The second-order valence-corrected chi connectivity index (χ2v) is 6.81. The van der Waals surface area contributed by atoms with Crippen molar-refractivity contribution >= 4 is 0 Å². The predicted molar refractivity (Wildman–Crippen MR) is 76.7 cm³/mol. The van der Waals surface area contributed by atoms with Gasteiger partial charge in [0.25, 0.3) is 0 Å². The Morgan fingerprint density at radius 2 is 2.11 bits per heavy atom. The third-order valence-electron chi connectivity index (χ3n) is 5.11. The molecule has 3 rings (SSSR count). The Bertz CT molecular complexity index is 425. The van der Waals surface area contributed by atoms with Crippen molar-refractivity contribution in [2.75, 3.05) is 0 Å². The van der Waals surface area contributed by atoms with Crippen molar-refractivity contribution in [3.05, 3.63) is 35.4 Å². The Morgan fingerprint density at radius 1 is 1.28 bits per heavy atom. The van der Waals surface area contributed by atoms with Crippen molar-refractivity contribution in [3.63, 3.8) is 0 Å². The van der Waals surface area contributed by atoms with E-state index in [-0.39, 0.29) is 0 Å². The van der Waals surface area contributed by atoms with Crippen molar-refractivity contribution < 1.29 is 0 Å². The van der Waals surface area contributed by atoms with Crippen LogP contribution in [0.5, 0.6) is 0 Å². The summed E-state index contributed by atoms with van der Waals surface area (Å²) in [7, 11) is 0. The number of aryl methyl sites for hydroxylation is 1. The lowest BCUT2D eigenvalue weighted by Crippen LogP contribution is -2.22. The van der Waals surface area contributed by atoms with Crippen molar-refractivity contribution in [3.8, 4) is 0 Å². The molecule has 1 heteroatoms. The second kappa shape index (κ2) is 4.70. The molecule has 0 saturated heterocycles. The van der Waals surface area contributed by atoms with Gasteiger partial charge in [0, 0.05) is 6.04 Å². The van der Waals surface area contributed by atoms with Crippen molar-refractivity contribution in [2.24, 2.45) is 11.1 Å². The van der Waals surface area contributed by atoms with Gasteiger partial charge < -0.3 is 5.73 Å². The first kappa shape index (κ1) is 12.2. The number of fused-ring (bicyclic) bond motifs is 1. The van der Waals surface area contributed by atoms with Gasteiger partial charge >= 0.3 is 0 Å². The quantitative estimate of drug-likeness (QED) is 0.834. The van der Waals surface area contributed by atoms with Gasteiger partial charge in [0.05, 0.1) is 0 Å². The fourth-order valence-corrected chi connectivity index (χ4v) is 4.22. The molecule has 1 aromatic rings. The van der Waals surface area contributed by atoms with E-state index in [0.717, 1.165) is 5.92 Å². The molecule has 0 aromatic heterocycles. The van der Waals surface area contributed by atoms with Crippen LogP contribution in [0.3, 0.4) is 0 Å². The standard InChI is InChI=1S/C17H25N/c1-17(10-9-15(18)12-17)11-14-7-4-6-13-5-2-3-8-16(13)14/h2-3,5,8,14-15H,4,6-7,9-12,18H2,1H3. The predicted octanol–water partition coefficient (Wildman–Crippen LogP) is 4.01. The molecule has 3 unspecified atom stereocenters. The summed E-state index contributed by atoms with van der Waals surface area (Å²) in [5, 5.41) is 0. The van der Waals surface area contributed by atoms with E-state index in [9.17, 15) is 0 Å². The Hall–Kier alpha value is -0.820. The summed E-state index contributed by atoms with van der Waals surface area (Å²) >= 11 is 0. The first-order valence-electron chi connectivity index (χ1n) is 7.50. The summed E-state index contributed by atoms with van der Waals surface area (Å²) < 4.78 is 0. The van der Waals surface area contributed by atoms with E-state index in [1.54, 1.807) is 11.1 Å². The summed E-state index contributed by atoms with van der Waals surface area (Å²) in [5.41, 5.74) is 9.83. The molecule has 0 heterocycles. The summed E-state index contributed by atoms with van der Waals surface area (Å²) in [4.78, 5) is 0. The highest BCUT2D eigenvalue weighted by Gasteiger charge is 2.36. The zero-order valence-electron chi connectivity index (χ0n) is 11.5. The highest BCUT2D eigenvalue weighted by atomic mass is 14.7. The first-order chi connectivity index (χ1) is 8.66. The molecule has 98 valence electrons. The minimum Gasteiger partial charge on any atom is -0.328 e. The van der Waals surface area contributed by atoms with E-state index in [1.807, 2.05) is 0 Å². The molecule has 1 fully saturated rings. The lowest BCUT2D eigenvalue weighted by molar-refractivity contribution is 0.265. The van der Waals surface area contributed by atoms with Crippen LogP contribution < -0.4 is 5.73 Å². The molecular weight excluding hydrogens is 218 g/mol. The van der Waals surface area contributed by atoms with E-state index in [2.05, 4.69) is 31.2 Å². The Labute approximate surface area is 111 Å². The molecule has 1 nitrogen and oxygen atoms in total. The molecule has 2 aliphatic rings. The number of nitrogens with two attached hydrogens (primary N) is 1. The van der Waals surface area contributed by atoms with Crippen LogP contribution in [0.25, 0.3) is 0 Å².